The van der Waals surface area contributed by atoms with Gasteiger partial charge in [0.2, 0.25) is 0 Å². The van der Waals surface area contributed by atoms with E-state index in [1.165, 1.54) is 20.4 Å². The van der Waals surface area contributed by atoms with Gasteiger partial charge in [0, 0.05) is 17.7 Å². The lowest BCUT2D eigenvalue weighted by atomic mass is 10.1. The van der Waals surface area contributed by atoms with Crippen molar-refractivity contribution < 1.29 is 23.7 Å². The Kier molecular flexibility index (Phi) is 7.48. The highest BCUT2D eigenvalue weighted by Crippen LogP contribution is 2.32. The van der Waals surface area contributed by atoms with Crippen LogP contribution in [0.3, 0.4) is 0 Å². The lowest BCUT2D eigenvalue weighted by Gasteiger charge is -2.12. The first-order chi connectivity index (χ1) is 15.1. The van der Waals surface area contributed by atoms with Crippen LogP contribution < -0.4 is 24.4 Å². The van der Waals surface area contributed by atoms with Gasteiger partial charge in [0.25, 0.3) is 5.91 Å². The molecule has 1 N–H and O–H groups in total. The smallest absolute Gasteiger partial charge is 0.271 e. The van der Waals surface area contributed by atoms with E-state index < -0.39 is 0 Å². The summed E-state index contributed by atoms with van der Waals surface area (Å²) in [6.07, 6.45) is 1.47. The van der Waals surface area contributed by atoms with Gasteiger partial charge in [-0.25, -0.2) is 5.43 Å². The van der Waals surface area contributed by atoms with E-state index in [4.69, 9.17) is 18.9 Å². The number of nitrogens with zero attached hydrogens (tertiary/aromatic N) is 1. The second kappa shape index (κ2) is 10.7. The third kappa shape index (κ3) is 5.76. The molecule has 0 bridgehead atoms. The number of hydrazone groups is 1. The van der Waals surface area contributed by atoms with E-state index >= 15 is 0 Å². The van der Waals surface area contributed by atoms with Crippen LogP contribution >= 0.6 is 0 Å². The van der Waals surface area contributed by atoms with Crippen molar-refractivity contribution in [2.24, 2.45) is 5.10 Å². The number of methoxy groups -OCH3 is 3. The molecule has 0 unspecified atom stereocenters. The van der Waals surface area contributed by atoms with Crippen LogP contribution in [0.25, 0.3) is 0 Å². The first-order valence-corrected chi connectivity index (χ1v) is 9.54. The van der Waals surface area contributed by atoms with Crippen molar-refractivity contribution in [1.82, 2.24) is 5.43 Å². The third-order valence-corrected chi connectivity index (χ3v) is 4.48. The van der Waals surface area contributed by atoms with Gasteiger partial charge in [-0.1, -0.05) is 30.3 Å². The van der Waals surface area contributed by atoms with Gasteiger partial charge in [0.1, 0.15) is 29.6 Å². The highest BCUT2D eigenvalue weighted by molar-refractivity contribution is 5.95. The number of rotatable bonds is 9. The van der Waals surface area contributed by atoms with E-state index in [2.05, 4.69) is 10.5 Å². The Morgan fingerprint density at radius 3 is 2.10 bits per heavy atom. The van der Waals surface area contributed by atoms with Gasteiger partial charge < -0.3 is 18.9 Å². The molecule has 0 spiro atoms. The zero-order valence-corrected chi connectivity index (χ0v) is 17.6. The molecule has 160 valence electrons. The Morgan fingerprint density at radius 1 is 0.871 bits per heavy atom. The molecular formula is C24H24N2O5. The summed E-state index contributed by atoms with van der Waals surface area (Å²) < 4.78 is 21.7. The number of carbonyl (C=O) groups excluding carboxylic acids is 1. The molecule has 7 heteroatoms. The Balaban J connectivity index is 1.62. The van der Waals surface area contributed by atoms with Crippen molar-refractivity contribution in [3.8, 4) is 23.0 Å². The second-order valence-electron chi connectivity index (χ2n) is 6.44. The number of hydrogen-bond acceptors (Lipinski definition) is 6. The van der Waals surface area contributed by atoms with E-state index in [0.717, 1.165) is 11.3 Å². The zero-order chi connectivity index (χ0) is 22.1. The molecule has 31 heavy (non-hydrogen) atoms. The largest absolute Gasteiger partial charge is 0.496 e. The lowest BCUT2D eigenvalue weighted by molar-refractivity contribution is 0.0955. The maximum absolute atomic E-state index is 12.4. The highest BCUT2D eigenvalue weighted by atomic mass is 16.5. The molecule has 3 aromatic rings. The predicted octanol–water partition coefficient (Wildman–Crippen LogP) is 4.06. The molecule has 7 nitrogen and oxygen atoms in total. The Bertz CT molecular complexity index is 1010. The van der Waals surface area contributed by atoms with Gasteiger partial charge in [-0.3, -0.25) is 4.79 Å². The summed E-state index contributed by atoms with van der Waals surface area (Å²) in [4.78, 5) is 12.4. The van der Waals surface area contributed by atoms with Gasteiger partial charge in [-0.2, -0.15) is 5.10 Å². The van der Waals surface area contributed by atoms with E-state index in [9.17, 15) is 4.79 Å². The molecule has 0 atom stereocenters. The van der Waals surface area contributed by atoms with Gasteiger partial charge in [0.15, 0.2) is 0 Å². The molecule has 3 rings (SSSR count). The lowest BCUT2D eigenvalue weighted by Crippen LogP contribution is -2.17. The minimum Gasteiger partial charge on any atom is -0.496 e. The van der Waals surface area contributed by atoms with Gasteiger partial charge in [0.05, 0.1) is 33.1 Å². The number of ether oxygens (including phenoxy) is 4. The Hall–Kier alpha value is -4.00. The van der Waals surface area contributed by atoms with Crippen molar-refractivity contribution in [3.05, 3.63) is 83.4 Å². The molecule has 0 saturated carbocycles. The summed E-state index contributed by atoms with van der Waals surface area (Å²) in [6, 6.07) is 20.1. The Labute approximate surface area is 181 Å². The van der Waals surface area contributed by atoms with E-state index in [1.54, 1.807) is 31.4 Å². The minimum atomic E-state index is -0.335. The molecule has 3 aromatic carbocycles. The molecule has 0 aliphatic heterocycles. The maximum Gasteiger partial charge on any atom is 0.271 e. The first kappa shape index (κ1) is 21.7. The number of nitrogens with one attached hydrogen (secondary N) is 1. The average Bonchev–Trinajstić information content (AvgIpc) is 2.83. The number of amides is 1. The number of hydrogen-bond donors (Lipinski definition) is 1. The Morgan fingerprint density at radius 2 is 1.52 bits per heavy atom. The van der Waals surface area contributed by atoms with Crippen molar-refractivity contribution in [3.63, 3.8) is 0 Å². The van der Waals surface area contributed by atoms with Crippen LogP contribution in [0, 0.1) is 0 Å². The summed E-state index contributed by atoms with van der Waals surface area (Å²) in [5.74, 6) is 2.07. The second-order valence-corrected chi connectivity index (χ2v) is 6.44. The SMILES string of the molecule is COc1cc(OC)c(/C=N\NC(=O)c2ccc(COc3ccccc3)cc2)c(OC)c1. The molecule has 0 saturated heterocycles. The highest BCUT2D eigenvalue weighted by Gasteiger charge is 2.12. The van der Waals surface area contributed by atoms with Crippen molar-refractivity contribution in [1.29, 1.82) is 0 Å². The van der Waals surface area contributed by atoms with Gasteiger partial charge in [-0.15, -0.1) is 0 Å². The molecular weight excluding hydrogens is 396 g/mol. The fourth-order valence-corrected chi connectivity index (χ4v) is 2.82. The summed E-state index contributed by atoms with van der Waals surface area (Å²) in [5, 5.41) is 4.04. The standard InChI is InChI=1S/C24H24N2O5/c1-28-20-13-22(29-2)21(23(14-20)30-3)15-25-26-24(27)18-11-9-17(10-12-18)16-31-19-7-5-4-6-8-19/h4-15H,16H2,1-3H3,(H,26,27)/b25-15-. The van der Waals surface area contributed by atoms with E-state index in [-0.39, 0.29) is 5.91 Å². The quantitative estimate of drug-likeness (QED) is 0.417. The monoisotopic (exact) mass is 420 g/mol. The summed E-state index contributed by atoms with van der Waals surface area (Å²) in [7, 11) is 4.63. The van der Waals surface area contributed by atoms with Crippen LogP contribution in [-0.2, 0) is 6.61 Å². The third-order valence-electron chi connectivity index (χ3n) is 4.48. The van der Waals surface area contributed by atoms with Gasteiger partial charge in [-0.05, 0) is 29.8 Å². The predicted molar refractivity (Wildman–Crippen MR) is 118 cm³/mol. The molecule has 0 aromatic heterocycles. The zero-order valence-electron chi connectivity index (χ0n) is 17.6. The number of carbonyl (C=O) groups is 1. The fourth-order valence-electron chi connectivity index (χ4n) is 2.82. The van der Waals surface area contributed by atoms with E-state index in [0.29, 0.717) is 35.0 Å². The molecule has 0 aliphatic rings. The van der Waals surface area contributed by atoms with Crippen LogP contribution in [0.1, 0.15) is 21.5 Å². The van der Waals surface area contributed by atoms with Crippen LogP contribution in [0.15, 0.2) is 71.8 Å². The van der Waals surface area contributed by atoms with Crippen LogP contribution in [0.4, 0.5) is 0 Å². The molecule has 0 fully saturated rings. The topological polar surface area (TPSA) is 78.4 Å². The van der Waals surface area contributed by atoms with Crippen LogP contribution in [-0.4, -0.2) is 33.5 Å². The van der Waals surface area contributed by atoms with Crippen LogP contribution in [0.5, 0.6) is 23.0 Å². The first-order valence-electron chi connectivity index (χ1n) is 9.54. The van der Waals surface area contributed by atoms with E-state index in [1.807, 2.05) is 42.5 Å². The molecule has 0 radical (unpaired) electrons. The number of benzene rings is 3. The average molecular weight is 420 g/mol. The molecule has 1 amide bonds. The summed E-state index contributed by atoms with van der Waals surface area (Å²) in [5.41, 5.74) is 4.53. The van der Waals surface area contributed by atoms with Crippen molar-refractivity contribution in [2.45, 2.75) is 6.61 Å². The fraction of sp³-hybridized carbons (Fsp3) is 0.167. The molecule has 0 aliphatic carbocycles. The van der Waals surface area contributed by atoms with Crippen LogP contribution in [0.2, 0.25) is 0 Å². The summed E-state index contributed by atoms with van der Waals surface area (Å²) in [6.45, 7) is 0.418. The normalized spacial score (nSPS) is 10.5. The number of para-hydroxylation sites is 1. The minimum absolute atomic E-state index is 0.335. The van der Waals surface area contributed by atoms with Gasteiger partial charge >= 0.3 is 0 Å². The molecule has 0 heterocycles. The maximum atomic E-state index is 12.4. The summed E-state index contributed by atoms with van der Waals surface area (Å²) >= 11 is 0. The van der Waals surface area contributed by atoms with Crippen molar-refractivity contribution in [2.75, 3.05) is 21.3 Å². The van der Waals surface area contributed by atoms with Crippen molar-refractivity contribution >= 4 is 12.1 Å².